The summed E-state index contributed by atoms with van der Waals surface area (Å²) in [7, 11) is 0. The van der Waals surface area contributed by atoms with E-state index in [1.807, 2.05) is 24.3 Å². The fourth-order valence-corrected chi connectivity index (χ4v) is 2.83. The SMILES string of the molecule is CCCCCCOc1cccc(NCCOc2ccc(Cl)cc2Cl)c1. The summed E-state index contributed by atoms with van der Waals surface area (Å²) in [5.41, 5.74) is 1.01. The Hall–Kier alpha value is -1.58. The van der Waals surface area contributed by atoms with Crippen LogP contribution in [-0.4, -0.2) is 19.8 Å². The summed E-state index contributed by atoms with van der Waals surface area (Å²) >= 11 is 11.9. The first-order chi connectivity index (χ1) is 12.2. The number of anilines is 1. The fourth-order valence-electron chi connectivity index (χ4n) is 2.36. The van der Waals surface area contributed by atoms with Crippen LogP contribution in [0.4, 0.5) is 5.69 Å². The van der Waals surface area contributed by atoms with Gasteiger partial charge in [-0.3, -0.25) is 0 Å². The zero-order valence-electron chi connectivity index (χ0n) is 14.6. The number of nitrogens with one attached hydrogen (secondary N) is 1. The molecule has 25 heavy (non-hydrogen) atoms. The summed E-state index contributed by atoms with van der Waals surface area (Å²) in [5.74, 6) is 1.53. The maximum Gasteiger partial charge on any atom is 0.138 e. The van der Waals surface area contributed by atoms with Gasteiger partial charge >= 0.3 is 0 Å². The van der Waals surface area contributed by atoms with Gasteiger partial charge in [0.25, 0.3) is 0 Å². The van der Waals surface area contributed by atoms with Gasteiger partial charge in [0.05, 0.1) is 11.6 Å². The smallest absolute Gasteiger partial charge is 0.138 e. The lowest BCUT2D eigenvalue weighted by atomic mass is 10.2. The monoisotopic (exact) mass is 381 g/mol. The topological polar surface area (TPSA) is 30.5 Å². The highest BCUT2D eigenvalue weighted by Gasteiger charge is 2.02. The van der Waals surface area contributed by atoms with Crippen molar-refractivity contribution in [1.82, 2.24) is 0 Å². The molecule has 0 aliphatic carbocycles. The van der Waals surface area contributed by atoms with Crippen molar-refractivity contribution in [3.8, 4) is 11.5 Å². The van der Waals surface area contributed by atoms with Crippen LogP contribution in [0.3, 0.4) is 0 Å². The van der Waals surface area contributed by atoms with Crippen molar-refractivity contribution < 1.29 is 9.47 Å². The summed E-state index contributed by atoms with van der Waals surface area (Å²) in [4.78, 5) is 0. The van der Waals surface area contributed by atoms with Crippen LogP contribution in [0.15, 0.2) is 42.5 Å². The van der Waals surface area contributed by atoms with E-state index < -0.39 is 0 Å². The van der Waals surface area contributed by atoms with Crippen molar-refractivity contribution in [3.05, 3.63) is 52.5 Å². The largest absolute Gasteiger partial charge is 0.494 e. The van der Waals surface area contributed by atoms with E-state index >= 15 is 0 Å². The maximum absolute atomic E-state index is 6.08. The van der Waals surface area contributed by atoms with E-state index in [9.17, 15) is 0 Å². The fraction of sp³-hybridized carbons (Fsp3) is 0.400. The number of unbranched alkanes of at least 4 members (excludes halogenated alkanes) is 3. The molecule has 5 heteroatoms. The lowest BCUT2D eigenvalue weighted by Crippen LogP contribution is -2.11. The Morgan fingerprint density at radius 3 is 2.60 bits per heavy atom. The van der Waals surface area contributed by atoms with Crippen molar-refractivity contribution in [2.24, 2.45) is 0 Å². The number of hydrogen-bond acceptors (Lipinski definition) is 3. The number of halogens is 2. The van der Waals surface area contributed by atoms with E-state index in [0.717, 1.165) is 24.5 Å². The molecule has 0 aliphatic rings. The Kier molecular flexibility index (Phi) is 8.78. The molecule has 0 saturated carbocycles. The third-order valence-corrected chi connectivity index (χ3v) is 4.21. The minimum Gasteiger partial charge on any atom is -0.494 e. The molecule has 3 nitrogen and oxygen atoms in total. The van der Waals surface area contributed by atoms with Gasteiger partial charge in [0, 0.05) is 23.3 Å². The maximum atomic E-state index is 6.08. The molecule has 0 heterocycles. The summed E-state index contributed by atoms with van der Waals surface area (Å²) in [6.45, 7) is 4.14. The molecule has 0 aromatic heterocycles. The standard InChI is InChI=1S/C20H25Cl2NO2/c1-2-3-4-5-12-24-18-8-6-7-17(15-18)23-11-13-25-20-10-9-16(21)14-19(20)22/h6-10,14-15,23H,2-5,11-13H2,1H3. The molecule has 0 bridgehead atoms. The van der Waals surface area contributed by atoms with Gasteiger partial charge in [-0.25, -0.2) is 0 Å². The quantitative estimate of drug-likeness (QED) is 0.454. The van der Waals surface area contributed by atoms with Crippen LogP contribution in [0.5, 0.6) is 11.5 Å². The van der Waals surface area contributed by atoms with E-state index in [0.29, 0.717) is 28.9 Å². The molecule has 0 spiro atoms. The van der Waals surface area contributed by atoms with Gasteiger partial charge in [-0.2, -0.15) is 0 Å². The molecule has 0 amide bonds. The lowest BCUT2D eigenvalue weighted by Gasteiger charge is -2.11. The number of hydrogen-bond donors (Lipinski definition) is 1. The molecule has 0 unspecified atom stereocenters. The summed E-state index contributed by atoms with van der Waals surface area (Å²) in [6.07, 6.45) is 4.82. The third-order valence-electron chi connectivity index (χ3n) is 3.68. The van der Waals surface area contributed by atoms with Crippen LogP contribution in [0, 0.1) is 0 Å². The normalized spacial score (nSPS) is 10.5. The number of benzene rings is 2. The molecule has 0 fully saturated rings. The molecule has 2 aromatic carbocycles. The first-order valence-electron chi connectivity index (χ1n) is 8.73. The Morgan fingerprint density at radius 1 is 0.920 bits per heavy atom. The van der Waals surface area contributed by atoms with E-state index in [2.05, 4.69) is 12.2 Å². The van der Waals surface area contributed by atoms with Gasteiger partial charge in [-0.15, -0.1) is 0 Å². The predicted octanol–water partition coefficient (Wildman–Crippen LogP) is 6.44. The molecular formula is C20H25Cl2NO2. The zero-order chi connectivity index (χ0) is 17.9. The van der Waals surface area contributed by atoms with E-state index in [1.54, 1.807) is 18.2 Å². The van der Waals surface area contributed by atoms with Crippen LogP contribution >= 0.6 is 23.2 Å². The first kappa shape index (κ1) is 19.7. The molecule has 1 N–H and O–H groups in total. The summed E-state index contributed by atoms with van der Waals surface area (Å²) in [6, 6.07) is 13.2. The first-order valence-corrected chi connectivity index (χ1v) is 9.49. The Labute approximate surface area is 160 Å². The van der Waals surface area contributed by atoms with Crippen LogP contribution in [0.1, 0.15) is 32.6 Å². The average Bonchev–Trinajstić information content (AvgIpc) is 2.60. The predicted molar refractivity (Wildman–Crippen MR) is 107 cm³/mol. The lowest BCUT2D eigenvalue weighted by molar-refractivity contribution is 0.305. The molecule has 0 saturated heterocycles. The molecule has 0 radical (unpaired) electrons. The third kappa shape index (κ3) is 7.45. The van der Waals surface area contributed by atoms with Crippen LogP contribution < -0.4 is 14.8 Å². The highest BCUT2D eigenvalue weighted by Crippen LogP contribution is 2.27. The van der Waals surface area contributed by atoms with Crippen molar-refractivity contribution in [3.63, 3.8) is 0 Å². The van der Waals surface area contributed by atoms with Gasteiger partial charge in [0.1, 0.15) is 18.1 Å². The van der Waals surface area contributed by atoms with Crippen LogP contribution in [0.25, 0.3) is 0 Å². The van der Waals surface area contributed by atoms with Crippen molar-refractivity contribution in [2.45, 2.75) is 32.6 Å². The second kappa shape index (κ2) is 11.1. The van der Waals surface area contributed by atoms with Gasteiger partial charge in [-0.05, 0) is 36.8 Å². The molecule has 0 aliphatic heterocycles. The van der Waals surface area contributed by atoms with Gasteiger partial charge in [0.15, 0.2) is 0 Å². The Balaban J connectivity index is 1.70. The van der Waals surface area contributed by atoms with Crippen LogP contribution in [-0.2, 0) is 0 Å². The molecule has 136 valence electrons. The van der Waals surface area contributed by atoms with Gasteiger partial charge in [-0.1, -0.05) is 55.5 Å². The van der Waals surface area contributed by atoms with Crippen molar-refractivity contribution in [1.29, 1.82) is 0 Å². The van der Waals surface area contributed by atoms with Crippen molar-refractivity contribution >= 4 is 28.9 Å². The van der Waals surface area contributed by atoms with Gasteiger partial charge in [0.2, 0.25) is 0 Å². The number of rotatable bonds is 11. The second-order valence-electron chi connectivity index (χ2n) is 5.79. The summed E-state index contributed by atoms with van der Waals surface area (Å²) < 4.78 is 11.5. The van der Waals surface area contributed by atoms with Crippen molar-refractivity contribution in [2.75, 3.05) is 25.1 Å². The minimum atomic E-state index is 0.503. The molecule has 0 atom stereocenters. The molecular weight excluding hydrogens is 357 g/mol. The van der Waals surface area contributed by atoms with Gasteiger partial charge < -0.3 is 14.8 Å². The Morgan fingerprint density at radius 2 is 1.80 bits per heavy atom. The van der Waals surface area contributed by atoms with Crippen LogP contribution in [0.2, 0.25) is 10.0 Å². The van der Waals surface area contributed by atoms with E-state index in [-0.39, 0.29) is 0 Å². The van der Waals surface area contributed by atoms with E-state index in [4.69, 9.17) is 32.7 Å². The highest BCUT2D eigenvalue weighted by atomic mass is 35.5. The van der Waals surface area contributed by atoms with E-state index in [1.165, 1.54) is 19.3 Å². The second-order valence-corrected chi connectivity index (χ2v) is 6.63. The minimum absolute atomic E-state index is 0.503. The average molecular weight is 382 g/mol. The molecule has 2 aromatic rings. The zero-order valence-corrected chi connectivity index (χ0v) is 16.1. The summed E-state index contributed by atoms with van der Waals surface area (Å²) in [5, 5.41) is 4.44. The number of ether oxygens (including phenoxy) is 2. The Bertz CT molecular complexity index is 649. The molecule has 2 rings (SSSR count). The highest BCUT2D eigenvalue weighted by molar-refractivity contribution is 6.35.